The van der Waals surface area contributed by atoms with Gasteiger partial charge in [-0.3, -0.25) is 4.90 Å². The monoisotopic (exact) mass is 284 g/mol. The molecule has 2 N–H and O–H groups in total. The molecule has 0 bridgehead atoms. The Morgan fingerprint density at radius 3 is 2.48 bits per heavy atom. The highest BCUT2D eigenvalue weighted by atomic mass is 15.3. The second-order valence-corrected chi connectivity index (χ2v) is 6.44. The van der Waals surface area contributed by atoms with Crippen LogP contribution in [-0.2, 0) is 6.54 Å². The van der Waals surface area contributed by atoms with Crippen LogP contribution in [0.25, 0.3) is 5.69 Å². The third-order valence-electron chi connectivity index (χ3n) is 4.23. The standard InChI is InChI=1S/C17H24N4/c1-13-8-14(2)11-20(10-13)12-15-9-19-21(17(15)18)16-6-4-3-5-7-16/h3-7,9,13-14H,8,10-12,18H2,1-2H3. The van der Waals surface area contributed by atoms with Gasteiger partial charge in [0.2, 0.25) is 0 Å². The van der Waals surface area contributed by atoms with E-state index < -0.39 is 0 Å². The lowest BCUT2D eigenvalue weighted by atomic mass is 9.92. The van der Waals surface area contributed by atoms with Gasteiger partial charge in [-0.25, -0.2) is 4.68 Å². The minimum Gasteiger partial charge on any atom is -0.383 e. The SMILES string of the molecule is CC1CC(C)CN(Cc2cnn(-c3ccccc3)c2N)C1. The number of nitrogens with zero attached hydrogens (tertiary/aromatic N) is 3. The van der Waals surface area contributed by atoms with E-state index in [0.29, 0.717) is 0 Å². The number of rotatable bonds is 3. The van der Waals surface area contributed by atoms with Crippen LogP contribution in [0.3, 0.4) is 0 Å². The first-order valence-corrected chi connectivity index (χ1v) is 7.73. The zero-order valence-electron chi connectivity index (χ0n) is 12.9. The Kier molecular flexibility index (Phi) is 3.97. The molecule has 2 unspecified atom stereocenters. The van der Waals surface area contributed by atoms with Crippen molar-refractivity contribution >= 4 is 5.82 Å². The summed E-state index contributed by atoms with van der Waals surface area (Å²) in [6, 6.07) is 10.1. The maximum Gasteiger partial charge on any atom is 0.131 e. The first-order chi connectivity index (χ1) is 10.1. The summed E-state index contributed by atoms with van der Waals surface area (Å²) >= 11 is 0. The fourth-order valence-electron chi connectivity index (χ4n) is 3.45. The molecule has 0 aliphatic carbocycles. The van der Waals surface area contributed by atoms with Crippen molar-refractivity contribution in [3.8, 4) is 5.69 Å². The molecule has 2 aromatic rings. The van der Waals surface area contributed by atoms with Crippen LogP contribution in [0.2, 0.25) is 0 Å². The third kappa shape index (κ3) is 3.10. The zero-order chi connectivity index (χ0) is 14.8. The molecular formula is C17H24N4. The van der Waals surface area contributed by atoms with Crippen LogP contribution in [0.15, 0.2) is 36.5 Å². The van der Waals surface area contributed by atoms with Crippen molar-refractivity contribution in [1.29, 1.82) is 0 Å². The maximum absolute atomic E-state index is 6.30. The van der Waals surface area contributed by atoms with E-state index in [4.69, 9.17) is 5.73 Å². The fourth-order valence-corrected chi connectivity index (χ4v) is 3.45. The van der Waals surface area contributed by atoms with Gasteiger partial charge in [-0.2, -0.15) is 5.10 Å². The minimum absolute atomic E-state index is 0.757. The highest BCUT2D eigenvalue weighted by Gasteiger charge is 2.23. The Morgan fingerprint density at radius 2 is 1.81 bits per heavy atom. The van der Waals surface area contributed by atoms with Gasteiger partial charge in [0.15, 0.2) is 0 Å². The molecule has 1 aromatic heterocycles. The zero-order valence-corrected chi connectivity index (χ0v) is 12.9. The molecule has 4 nitrogen and oxygen atoms in total. The Bertz CT molecular complexity index is 580. The molecular weight excluding hydrogens is 260 g/mol. The predicted molar refractivity (Wildman–Crippen MR) is 86.2 cm³/mol. The molecule has 2 atom stereocenters. The van der Waals surface area contributed by atoms with E-state index in [-0.39, 0.29) is 0 Å². The summed E-state index contributed by atoms with van der Waals surface area (Å²) in [6.45, 7) is 7.87. The molecule has 1 saturated heterocycles. The first-order valence-electron chi connectivity index (χ1n) is 7.73. The van der Waals surface area contributed by atoms with Gasteiger partial charge in [0.25, 0.3) is 0 Å². The summed E-state index contributed by atoms with van der Waals surface area (Å²) in [4.78, 5) is 2.50. The van der Waals surface area contributed by atoms with Gasteiger partial charge in [-0.15, -0.1) is 0 Å². The van der Waals surface area contributed by atoms with Crippen LogP contribution < -0.4 is 5.73 Å². The fraction of sp³-hybridized carbons (Fsp3) is 0.471. The highest BCUT2D eigenvalue weighted by molar-refractivity contribution is 5.46. The molecule has 0 amide bonds. The van der Waals surface area contributed by atoms with E-state index in [9.17, 15) is 0 Å². The molecule has 0 radical (unpaired) electrons. The number of benzene rings is 1. The number of para-hydroxylation sites is 1. The summed E-state index contributed by atoms with van der Waals surface area (Å²) in [6.07, 6.45) is 3.24. The molecule has 1 aromatic carbocycles. The van der Waals surface area contributed by atoms with E-state index in [1.807, 2.05) is 41.2 Å². The molecule has 112 valence electrons. The van der Waals surface area contributed by atoms with Crippen molar-refractivity contribution in [2.24, 2.45) is 11.8 Å². The van der Waals surface area contributed by atoms with Crippen molar-refractivity contribution in [3.05, 3.63) is 42.1 Å². The summed E-state index contributed by atoms with van der Waals surface area (Å²) in [5.41, 5.74) is 8.44. The molecule has 4 heteroatoms. The average molecular weight is 284 g/mol. The van der Waals surface area contributed by atoms with Crippen LogP contribution in [0, 0.1) is 11.8 Å². The van der Waals surface area contributed by atoms with E-state index in [1.165, 1.54) is 6.42 Å². The lowest BCUT2D eigenvalue weighted by Crippen LogP contribution is -2.38. The van der Waals surface area contributed by atoms with Crippen molar-refractivity contribution < 1.29 is 0 Å². The number of nitrogens with two attached hydrogens (primary N) is 1. The Morgan fingerprint density at radius 1 is 1.14 bits per heavy atom. The van der Waals surface area contributed by atoms with Crippen molar-refractivity contribution in [3.63, 3.8) is 0 Å². The van der Waals surface area contributed by atoms with E-state index in [0.717, 1.165) is 48.5 Å². The predicted octanol–water partition coefficient (Wildman–Crippen LogP) is 2.93. The molecule has 0 spiro atoms. The number of piperidine rings is 1. The minimum atomic E-state index is 0.757. The normalized spacial score (nSPS) is 23.3. The Labute approximate surface area is 126 Å². The van der Waals surface area contributed by atoms with Crippen molar-refractivity contribution in [2.75, 3.05) is 18.8 Å². The van der Waals surface area contributed by atoms with Gasteiger partial charge >= 0.3 is 0 Å². The van der Waals surface area contributed by atoms with Crippen molar-refractivity contribution in [1.82, 2.24) is 14.7 Å². The lowest BCUT2D eigenvalue weighted by Gasteiger charge is -2.34. The second-order valence-electron chi connectivity index (χ2n) is 6.44. The van der Waals surface area contributed by atoms with Gasteiger partial charge in [0.05, 0.1) is 11.9 Å². The number of likely N-dealkylation sites (tertiary alicyclic amines) is 1. The maximum atomic E-state index is 6.30. The number of anilines is 1. The quantitative estimate of drug-likeness (QED) is 0.942. The molecule has 1 fully saturated rings. The molecule has 3 rings (SSSR count). The van der Waals surface area contributed by atoms with Gasteiger partial charge in [0.1, 0.15) is 5.82 Å². The Hall–Kier alpha value is -1.81. The summed E-state index contributed by atoms with van der Waals surface area (Å²) in [5.74, 6) is 2.28. The van der Waals surface area contributed by atoms with Gasteiger partial charge in [0, 0.05) is 25.2 Å². The first kappa shape index (κ1) is 14.1. The molecule has 0 saturated carbocycles. The van der Waals surface area contributed by atoms with E-state index >= 15 is 0 Å². The summed E-state index contributed by atoms with van der Waals surface area (Å²) in [7, 11) is 0. The largest absolute Gasteiger partial charge is 0.383 e. The van der Waals surface area contributed by atoms with Crippen LogP contribution in [-0.4, -0.2) is 27.8 Å². The van der Waals surface area contributed by atoms with Gasteiger partial charge in [-0.05, 0) is 30.4 Å². The third-order valence-corrected chi connectivity index (χ3v) is 4.23. The number of nitrogen functional groups attached to an aromatic ring is 1. The topological polar surface area (TPSA) is 47.1 Å². The number of hydrogen-bond donors (Lipinski definition) is 1. The number of aromatic nitrogens is 2. The average Bonchev–Trinajstić information content (AvgIpc) is 2.80. The highest BCUT2D eigenvalue weighted by Crippen LogP contribution is 2.24. The molecule has 21 heavy (non-hydrogen) atoms. The summed E-state index contributed by atoms with van der Waals surface area (Å²) < 4.78 is 1.83. The van der Waals surface area contributed by atoms with Crippen molar-refractivity contribution in [2.45, 2.75) is 26.8 Å². The summed E-state index contributed by atoms with van der Waals surface area (Å²) in [5, 5.41) is 4.45. The lowest BCUT2D eigenvalue weighted by molar-refractivity contribution is 0.134. The smallest absolute Gasteiger partial charge is 0.131 e. The molecule has 2 heterocycles. The number of hydrogen-bond acceptors (Lipinski definition) is 3. The van der Waals surface area contributed by atoms with Crippen LogP contribution in [0.1, 0.15) is 25.8 Å². The second kappa shape index (κ2) is 5.90. The van der Waals surface area contributed by atoms with Crippen LogP contribution in [0.5, 0.6) is 0 Å². The van der Waals surface area contributed by atoms with Crippen LogP contribution >= 0.6 is 0 Å². The Balaban J connectivity index is 1.77. The van der Waals surface area contributed by atoms with E-state index in [1.54, 1.807) is 0 Å². The van der Waals surface area contributed by atoms with Crippen LogP contribution in [0.4, 0.5) is 5.82 Å². The van der Waals surface area contributed by atoms with Gasteiger partial charge < -0.3 is 5.73 Å². The molecule has 1 aliphatic rings. The molecule has 1 aliphatic heterocycles. The van der Waals surface area contributed by atoms with Gasteiger partial charge in [-0.1, -0.05) is 32.0 Å². The van der Waals surface area contributed by atoms with E-state index in [2.05, 4.69) is 23.8 Å².